The predicted octanol–water partition coefficient (Wildman–Crippen LogP) is 5.66. The van der Waals surface area contributed by atoms with Crippen LogP contribution in [0.5, 0.6) is 5.75 Å². The standard InChI is InChI=1S/C22H17ClO4S/c1-26-22(25)17-8-6-15(7-9-17)14-27-19-5-3-2-4-16(19)10-11-18(24)20-12-13-21(23)28-20/h2-13H,14H2,1H3. The number of halogens is 1. The van der Waals surface area contributed by atoms with E-state index in [9.17, 15) is 9.59 Å². The molecule has 0 spiro atoms. The lowest BCUT2D eigenvalue weighted by molar-refractivity contribution is 0.0600. The molecule has 0 aliphatic heterocycles. The Kier molecular flexibility index (Phi) is 6.63. The number of hydrogen-bond acceptors (Lipinski definition) is 5. The van der Waals surface area contributed by atoms with E-state index in [1.54, 1.807) is 30.3 Å². The van der Waals surface area contributed by atoms with Gasteiger partial charge in [-0.1, -0.05) is 41.9 Å². The van der Waals surface area contributed by atoms with Crippen LogP contribution in [0, 0.1) is 0 Å². The Morgan fingerprint density at radius 3 is 2.46 bits per heavy atom. The quantitative estimate of drug-likeness (QED) is 0.285. The summed E-state index contributed by atoms with van der Waals surface area (Å²) in [6.45, 7) is 0.334. The zero-order valence-electron chi connectivity index (χ0n) is 15.1. The van der Waals surface area contributed by atoms with Crippen LogP contribution in [0.3, 0.4) is 0 Å². The van der Waals surface area contributed by atoms with Gasteiger partial charge in [-0.25, -0.2) is 4.79 Å². The van der Waals surface area contributed by atoms with E-state index in [0.29, 0.717) is 27.1 Å². The van der Waals surface area contributed by atoms with Crippen LogP contribution in [-0.4, -0.2) is 18.9 Å². The largest absolute Gasteiger partial charge is 0.488 e. The number of carbonyl (C=O) groups is 2. The maximum absolute atomic E-state index is 12.2. The summed E-state index contributed by atoms with van der Waals surface area (Å²) in [6, 6.07) is 17.9. The van der Waals surface area contributed by atoms with E-state index in [0.717, 1.165) is 11.1 Å². The summed E-state index contributed by atoms with van der Waals surface area (Å²) in [4.78, 5) is 24.3. The van der Waals surface area contributed by atoms with Gasteiger partial charge < -0.3 is 9.47 Å². The van der Waals surface area contributed by atoms with Gasteiger partial charge in [0, 0.05) is 5.56 Å². The van der Waals surface area contributed by atoms with Crippen molar-refractivity contribution in [3.05, 3.63) is 92.6 Å². The Labute approximate surface area is 172 Å². The second kappa shape index (κ2) is 9.35. The molecule has 4 nitrogen and oxygen atoms in total. The molecule has 0 N–H and O–H groups in total. The van der Waals surface area contributed by atoms with E-state index in [-0.39, 0.29) is 11.8 Å². The third-order valence-electron chi connectivity index (χ3n) is 3.92. The molecule has 28 heavy (non-hydrogen) atoms. The van der Waals surface area contributed by atoms with E-state index >= 15 is 0 Å². The van der Waals surface area contributed by atoms with Gasteiger partial charge in [0.05, 0.1) is 21.9 Å². The van der Waals surface area contributed by atoms with Crippen LogP contribution in [0.15, 0.2) is 66.7 Å². The van der Waals surface area contributed by atoms with Crippen LogP contribution in [-0.2, 0) is 11.3 Å². The van der Waals surface area contributed by atoms with Crippen LogP contribution in [0.25, 0.3) is 6.08 Å². The van der Waals surface area contributed by atoms with E-state index < -0.39 is 0 Å². The summed E-state index contributed by atoms with van der Waals surface area (Å²) in [5.41, 5.74) is 2.20. The molecule has 6 heteroatoms. The maximum Gasteiger partial charge on any atom is 0.337 e. The molecule has 1 heterocycles. The number of hydrogen-bond donors (Lipinski definition) is 0. The smallest absolute Gasteiger partial charge is 0.337 e. The summed E-state index contributed by atoms with van der Waals surface area (Å²) in [5.74, 6) is 0.178. The molecule has 1 aromatic heterocycles. The van der Waals surface area contributed by atoms with Gasteiger partial charge >= 0.3 is 5.97 Å². The second-order valence-corrected chi connectivity index (χ2v) is 7.53. The summed E-state index contributed by atoms with van der Waals surface area (Å²) < 4.78 is 11.2. The van der Waals surface area contributed by atoms with Crippen molar-refractivity contribution in [3.8, 4) is 5.75 Å². The lowest BCUT2D eigenvalue weighted by atomic mass is 10.1. The van der Waals surface area contributed by atoms with E-state index in [1.807, 2.05) is 36.4 Å². The minimum Gasteiger partial charge on any atom is -0.488 e. The first-order valence-corrected chi connectivity index (χ1v) is 9.63. The minimum atomic E-state index is -0.375. The number of benzene rings is 2. The van der Waals surface area contributed by atoms with Gasteiger partial charge in [-0.3, -0.25) is 4.79 Å². The minimum absolute atomic E-state index is 0.106. The fourth-order valence-corrected chi connectivity index (χ4v) is 3.42. The van der Waals surface area contributed by atoms with Crippen molar-refractivity contribution in [2.45, 2.75) is 6.61 Å². The van der Waals surface area contributed by atoms with Gasteiger partial charge in [-0.15, -0.1) is 11.3 Å². The second-order valence-electron chi connectivity index (χ2n) is 5.82. The van der Waals surface area contributed by atoms with Gasteiger partial charge in [-0.2, -0.15) is 0 Å². The first kappa shape index (κ1) is 19.9. The average Bonchev–Trinajstić information content (AvgIpc) is 3.17. The molecule has 0 bridgehead atoms. The Bertz CT molecular complexity index is 1010. The lowest BCUT2D eigenvalue weighted by Crippen LogP contribution is -2.02. The topological polar surface area (TPSA) is 52.6 Å². The number of ether oxygens (including phenoxy) is 2. The van der Waals surface area contributed by atoms with E-state index in [4.69, 9.17) is 16.3 Å². The van der Waals surface area contributed by atoms with Crippen molar-refractivity contribution in [2.75, 3.05) is 7.11 Å². The molecule has 0 atom stereocenters. The first-order valence-electron chi connectivity index (χ1n) is 8.43. The molecule has 3 rings (SSSR count). The SMILES string of the molecule is COC(=O)c1ccc(COc2ccccc2C=CC(=O)c2ccc(Cl)s2)cc1. The van der Waals surface area contributed by atoms with Gasteiger partial charge in [0.2, 0.25) is 0 Å². The van der Waals surface area contributed by atoms with Crippen molar-refractivity contribution in [2.24, 2.45) is 0 Å². The first-order chi connectivity index (χ1) is 13.6. The Hall–Kier alpha value is -2.89. The molecule has 0 saturated heterocycles. The van der Waals surface area contributed by atoms with E-state index in [1.165, 1.54) is 24.5 Å². The summed E-state index contributed by atoms with van der Waals surface area (Å²) >= 11 is 7.13. The highest BCUT2D eigenvalue weighted by Crippen LogP contribution is 2.24. The van der Waals surface area contributed by atoms with Crippen LogP contribution in [0.2, 0.25) is 4.34 Å². The van der Waals surface area contributed by atoms with Crippen LogP contribution in [0.1, 0.15) is 31.2 Å². The molecule has 0 fully saturated rings. The Balaban J connectivity index is 1.67. The molecular weight excluding hydrogens is 396 g/mol. The zero-order valence-corrected chi connectivity index (χ0v) is 16.6. The highest BCUT2D eigenvalue weighted by Gasteiger charge is 2.07. The maximum atomic E-state index is 12.2. The van der Waals surface area contributed by atoms with Crippen LogP contribution < -0.4 is 4.74 Å². The summed E-state index contributed by atoms with van der Waals surface area (Å²) in [6.07, 6.45) is 3.24. The monoisotopic (exact) mass is 412 g/mol. The molecule has 2 aromatic carbocycles. The molecule has 0 saturated carbocycles. The Morgan fingerprint density at radius 1 is 1.04 bits per heavy atom. The average molecular weight is 413 g/mol. The normalized spacial score (nSPS) is 10.8. The van der Waals surface area contributed by atoms with Crippen molar-refractivity contribution >= 4 is 40.8 Å². The van der Waals surface area contributed by atoms with Crippen LogP contribution in [0.4, 0.5) is 0 Å². The predicted molar refractivity (Wildman–Crippen MR) is 111 cm³/mol. The van der Waals surface area contributed by atoms with Crippen molar-refractivity contribution in [3.63, 3.8) is 0 Å². The summed E-state index contributed by atoms with van der Waals surface area (Å²) in [7, 11) is 1.35. The summed E-state index contributed by atoms with van der Waals surface area (Å²) in [5, 5.41) is 0. The van der Waals surface area contributed by atoms with Gasteiger partial charge in [0.25, 0.3) is 0 Å². The number of allylic oxidation sites excluding steroid dienone is 1. The highest BCUT2D eigenvalue weighted by atomic mass is 35.5. The number of esters is 1. The number of para-hydroxylation sites is 1. The fourth-order valence-electron chi connectivity index (χ4n) is 2.46. The van der Waals surface area contributed by atoms with Gasteiger partial charge in [0.1, 0.15) is 12.4 Å². The molecule has 0 aliphatic carbocycles. The number of ketones is 1. The molecule has 0 unspecified atom stereocenters. The third kappa shape index (κ3) is 5.09. The molecular formula is C22H17ClO4S. The van der Waals surface area contributed by atoms with Crippen molar-refractivity contribution < 1.29 is 19.1 Å². The number of rotatable bonds is 7. The molecule has 0 aliphatic rings. The van der Waals surface area contributed by atoms with Crippen molar-refractivity contribution in [1.82, 2.24) is 0 Å². The highest BCUT2D eigenvalue weighted by molar-refractivity contribution is 7.18. The molecule has 3 aromatic rings. The molecule has 0 radical (unpaired) electrons. The van der Waals surface area contributed by atoms with E-state index in [2.05, 4.69) is 4.74 Å². The Morgan fingerprint density at radius 2 is 1.79 bits per heavy atom. The number of thiophene rings is 1. The van der Waals surface area contributed by atoms with Crippen LogP contribution >= 0.6 is 22.9 Å². The fraction of sp³-hybridized carbons (Fsp3) is 0.0909. The number of methoxy groups -OCH3 is 1. The third-order valence-corrected chi connectivity index (χ3v) is 5.16. The zero-order chi connectivity index (χ0) is 19.9. The number of carbonyl (C=O) groups excluding carboxylic acids is 2. The van der Waals surface area contributed by atoms with Gasteiger partial charge in [0.15, 0.2) is 5.78 Å². The lowest BCUT2D eigenvalue weighted by Gasteiger charge is -2.09. The molecule has 142 valence electrons. The van der Waals surface area contributed by atoms with Gasteiger partial charge in [-0.05, 0) is 48.0 Å². The molecule has 0 amide bonds. The van der Waals surface area contributed by atoms with Crippen molar-refractivity contribution in [1.29, 1.82) is 0 Å².